The molecule has 0 fully saturated rings. The molecule has 198 valence electrons. The smallest absolute Gasteiger partial charge is 0.323 e. The Morgan fingerprint density at radius 2 is 1.82 bits per heavy atom. The van der Waals surface area contributed by atoms with Gasteiger partial charge in [0.15, 0.2) is 0 Å². The van der Waals surface area contributed by atoms with Crippen LogP contribution in [0.1, 0.15) is 27.8 Å². The maximum absolute atomic E-state index is 11.3. The van der Waals surface area contributed by atoms with E-state index >= 15 is 0 Å². The summed E-state index contributed by atoms with van der Waals surface area (Å²) in [5, 5.41) is 30.6. The van der Waals surface area contributed by atoms with Gasteiger partial charge < -0.3 is 19.7 Å². The first kappa shape index (κ1) is 27.3. The number of carboxylic acids is 1. The van der Waals surface area contributed by atoms with Crippen molar-refractivity contribution in [3.63, 3.8) is 0 Å². The summed E-state index contributed by atoms with van der Waals surface area (Å²) in [6.07, 6.45) is 3.09. The van der Waals surface area contributed by atoms with Gasteiger partial charge >= 0.3 is 5.97 Å². The number of hydrogen-bond acceptors (Lipinski definition) is 7. The number of aliphatic carboxylic acids is 1. The highest BCUT2D eigenvalue weighted by Gasteiger charge is 2.17. The number of aliphatic hydroxyl groups excluding tert-OH is 1. The van der Waals surface area contributed by atoms with E-state index in [1.54, 1.807) is 30.5 Å². The molecule has 1 heterocycles. The lowest BCUT2D eigenvalue weighted by Gasteiger charge is -2.17. The predicted molar refractivity (Wildman–Crippen MR) is 146 cm³/mol. The molecule has 8 nitrogen and oxygen atoms in total. The summed E-state index contributed by atoms with van der Waals surface area (Å²) in [6.45, 7) is 2.19. The van der Waals surface area contributed by atoms with E-state index in [4.69, 9.17) is 14.7 Å². The summed E-state index contributed by atoms with van der Waals surface area (Å²) in [6, 6.07) is 24.3. The van der Waals surface area contributed by atoms with Gasteiger partial charge in [0.05, 0.1) is 12.2 Å². The summed E-state index contributed by atoms with van der Waals surface area (Å²) in [7, 11) is 0. The second kappa shape index (κ2) is 13.2. The van der Waals surface area contributed by atoms with Crippen LogP contribution in [-0.4, -0.2) is 33.8 Å². The standard InChI is InChI=1S/C31H29N3O5/c1-21-26(8-5-9-28(21)24-6-3-2-4-7-24)20-38-27-11-10-25(17-34-29(18-35)31(36)37)30(13-27)39-19-23-12-22(14-32)15-33-16-23/h2-13,15-16,29,34-35H,17-20H2,1H3,(H,36,37)/t29-/m1/s1. The molecule has 0 amide bonds. The third-order valence-electron chi connectivity index (χ3n) is 6.30. The van der Waals surface area contributed by atoms with Crippen LogP contribution < -0.4 is 14.8 Å². The Labute approximate surface area is 227 Å². The third kappa shape index (κ3) is 7.20. The molecule has 3 N–H and O–H groups in total. The first-order chi connectivity index (χ1) is 19.0. The number of carboxylic acid groups (broad SMARTS) is 1. The zero-order valence-corrected chi connectivity index (χ0v) is 21.5. The molecule has 1 atom stereocenters. The molecule has 39 heavy (non-hydrogen) atoms. The van der Waals surface area contributed by atoms with Crippen molar-refractivity contribution in [2.24, 2.45) is 0 Å². The Hall–Kier alpha value is -4.71. The van der Waals surface area contributed by atoms with Crippen LogP contribution in [-0.2, 0) is 24.6 Å². The molecule has 0 aliphatic carbocycles. The third-order valence-corrected chi connectivity index (χ3v) is 6.30. The van der Waals surface area contributed by atoms with E-state index in [9.17, 15) is 15.0 Å². The molecule has 0 unspecified atom stereocenters. The van der Waals surface area contributed by atoms with Gasteiger partial charge in [-0.15, -0.1) is 0 Å². The van der Waals surface area contributed by atoms with Crippen molar-refractivity contribution in [1.29, 1.82) is 5.26 Å². The quantitative estimate of drug-likeness (QED) is 0.246. The second-order valence-electron chi connectivity index (χ2n) is 8.95. The summed E-state index contributed by atoms with van der Waals surface area (Å²) in [5.74, 6) is -0.0780. The van der Waals surface area contributed by atoms with Crippen molar-refractivity contribution in [3.05, 3.63) is 113 Å². The normalized spacial score (nSPS) is 11.4. The average molecular weight is 524 g/mol. The summed E-state index contributed by atoms with van der Waals surface area (Å²) in [5.41, 5.74) is 6.30. The van der Waals surface area contributed by atoms with E-state index in [1.807, 2.05) is 30.3 Å². The monoisotopic (exact) mass is 523 g/mol. The molecule has 0 aliphatic heterocycles. The van der Waals surface area contributed by atoms with E-state index < -0.39 is 18.6 Å². The maximum Gasteiger partial charge on any atom is 0.323 e. The van der Waals surface area contributed by atoms with Gasteiger partial charge in [-0.2, -0.15) is 5.26 Å². The van der Waals surface area contributed by atoms with Crippen LogP contribution in [0.15, 0.2) is 85.2 Å². The largest absolute Gasteiger partial charge is 0.489 e. The molecule has 0 saturated heterocycles. The average Bonchev–Trinajstić information content (AvgIpc) is 2.97. The molecule has 0 aliphatic rings. The number of pyridine rings is 1. The fourth-order valence-corrected chi connectivity index (χ4v) is 4.09. The zero-order chi connectivity index (χ0) is 27.6. The number of ether oxygens (including phenoxy) is 2. The number of carbonyl (C=O) groups is 1. The summed E-state index contributed by atoms with van der Waals surface area (Å²) in [4.78, 5) is 15.4. The first-order valence-electron chi connectivity index (χ1n) is 12.4. The Kier molecular flexibility index (Phi) is 9.25. The van der Waals surface area contributed by atoms with Crippen LogP contribution in [0.3, 0.4) is 0 Å². The fraction of sp³-hybridized carbons (Fsp3) is 0.194. The highest BCUT2D eigenvalue weighted by atomic mass is 16.5. The van der Waals surface area contributed by atoms with Crippen LogP contribution in [0.25, 0.3) is 11.1 Å². The van der Waals surface area contributed by atoms with E-state index in [0.717, 1.165) is 22.3 Å². The molecular weight excluding hydrogens is 494 g/mol. The van der Waals surface area contributed by atoms with Crippen molar-refractivity contribution in [2.75, 3.05) is 6.61 Å². The molecule has 0 saturated carbocycles. The zero-order valence-electron chi connectivity index (χ0n) is 21.5. The highest BCUT2D eigenvalue weighted by molar-refractivity contribution is 5.73. The molecule has 4 rings (SSSR count). The summed E-state index contributed by atoms with van der Waals surface area (Å²) >= 11 is 0. The minimum atomic E-state index is -1.15. The topological polar surface area (TPSA) is 125 Å². The van der Waals surface area contributed by atoms with Crippen LogP contribution in [0.4, 0.5) is 0 Å². The van der Waals surface area contributed by atoms with Crippen molar-refractivity contribution in [3.8, 4) is 28.7 Å². The van der Waals surface area contributed by atoms with E-state index in [0.29, 0.717) is 34.8 Å². The molecule has 0 radical (unpaired) electrons. The highest BCUT2D eigenvalue weighted by Crippen LogP contribution is 2.29. The van der Waals surface area contributed by atoms with Crippen LogP contribution in [0.2, 0.25) is 0 Å². The van der Waals surface area contributed by atoms with Gasteiger partial charge in [0, 0.05) is 36.1 Å². The minimum absolute atomic E-state index is 0.152. The Morgan fingerprint density at radius 1 is 1.00 bits per heavy atom. The fourth-order valence-electron chi connectivity index (χ4n) is 4.09. The number of aliphatic hydroxyl groups is 1. The molecule has 3 aromatic carbocycles. The number of benzene rings is 3. The van der Waals surface area contributed by atoms with Gasteiger partial charge in [-0.25, -0.2) is 0 Å². The molecule has 1 aromatic heterocycles. The van der Waals surface area contributed by atoms with Crippen molar-refractivity contribution in [1.82, 2.24) is 10.3 Å². The molecular formula is C31H29N3O5. The van der Waals surface area contributed by atoms with Gasteiger partial charge in [-0.3, -0.25) is 15.1 Å². The lowest BCUT2D eigenvalue weighted by molar-refractivity contribution is -0.140. The van der Waals surface area contributed by atoms with E-state index in [-0.39, 0.29) is 13.2 Å². The van der Waals surface area contributed by atoms with Gasteiger partial charge in [0.2, 0.25) is 0 Å². The number of nitriles is 1. The van der Waals surface area contributed by atoms with Gasteiger partial charge in [-0.1, -0.05) is 54.6 Å². The van der Waals surface area contributed by atoms with Gasteiger partial charge in [-0.05, 0) is 41.3 Å². The second-order valence-corrected chi connectivity index (χ2v) is 8.95. The molecule has 0 bridgehead atoms. The maximum atomic E-state index is 11.3. The van der Waals surface area contributed by atoms with Crippen LogP contribution in [0, 0.1) is 18.3 Å². The van der Waals surface area contributed by atoms with Crippen molar-refractivity contribution in [2.45, 2.75) is 32.7 Å². The van der Waals surface area contributed by atoms with Crippen molar-refractivity contribution < 1.29 is 24.5 Å². The number of rotatable bonds is 12. The minimum Gasteiger partial charge on any atom is -0.489 e. The number of hydrogen-bond donors (Lipinski definition) is 3. The van der Waals surface area contributed by atoms with Crippen LogP contribution in [0.5, 0.6) is 11.5 Å². The Morgan fingerprint density at radius 3 is 2.56 bits per heavy atom. The SMILES string of the molecule is Cc1c(COc2ccc(CN[C@H](CO)C(=O)O)c(OCc3cncc(C#N)c3)c2)cccc1-c1ccccc1. The first-order valence-corrected chi connectivity index (χ1v) is 12.4. The molecule has 8 heteroatoms. The lowest BCUT2D eigenvalue weighted by Crippen LogP contribution is -2.39. The number of aromatic nitrogens is 1. The van der Waals surface area contributed by atoms with E-state index in [1.165, 1.54) is 6.20 Å². The van der Waals surface area contributed by atoms with Gasteiger partial charge in [0.1, 0.15) is 36.8 Å². The Balaban J connectivity index is 1.53. The molecule has 0 spiro atoms. The van der Waals surface area contributed by atoms with Gasteiger partial charge in [0.25, 0.3) is 0 Å². The number of nitrogens with one attached hydrogen (secondary N) is 1. The Bertz CT molecular complexity index is 1470. The molecule has 4 aromatic rings. The van der Waals surface area contributed by atoms with Crippen LogP contribution >= 0.6 is 0 Å². The van der Waals surface area contributed by atoms with Crippen molar-refractivity contribution >= 4 is 5.97 Å². The van der Waals surface area contributed by atoms with E-state index in [2.05, 4.69) is 41.5 Å². The lowest BCUT2D eigenvalue weighted by atomic mass is 9.97. The summed E-state index contributed by atoms with van der Waals surface area (Å²) < 4.78 is 12.2. The predicted octanol–water partition coefficient (Wildman–Crippen LogP) is 4.62. The number of nitrogens with zero attached hydrogens (tertiary/aromatic N) is 2.